The molecule has 0 amide bonds. The highest BCUT2D eigenvalue weighted by molar-refractivity contribution is 5.81. The molecule has 4 heteroatoms. The van der Waals surface area contributed by atoms with Crippen molar-refractivity contribution in [2.45, 2.75) is 70.5 Å². The molecule has 3 aromatic carbocycles. The number of benzene rings is 3. The van der Waals surface area contributed by atoms with Gasteiger partial charge in [-0.15, -0.1) is 0 Å². The van der Waals surface area contributed by atoms with Gasteiger partial charge in [0.25, 0.3) is 0 Å². The maximum atomic E-state index is 10.0. The molecule has 1 saturated carbocycles. The fourth-order valence-electron chi connectivity index (χ4n) is 5.94. The fraction of sp³-hybridized carbons (Fsp3) is 0.406. The zero-order valence-electron chi connectivity index (χ0n) is 21.2. The summed E-state index contributed by atoms with van der Waals surface area (Å²) in [6.07, 6.45) is 6.51. The Balaban J connectivity index is 1.30. The average molecular weight is 480 g/mol. The van der Waals surface area contributed by atoms with Gasteiger partial charge >= 0.3 is 0 Å². The Bertz CT molecular complexity index is 1290. The van der Waals surface area contributed by atoms with Crippen molar-refractivity contribution in [1.82, 2.24) is 0 Å². The molecule has 1 aliphatic heterocycles. The van der Waals surface area contributed by atoms with Crippen LogP contribution in [0.1, 0.15) is 77.5 Å². The SMILES string of the molecule is Cc1cc(OC2CCOCC2)cc(C)c1-c1c(C#N)ccc2c1CCC2Oc1ccc(C2CC2)cc1. The van der Waals surface area contributed by atoms with Gasteiger partial charge in [0.15, 0.2) is 0 Å². The van der Waals surface area contributed by atoms with Crippen LogP contribution in [0.4, 0.5) is 0 Å². The van der Waals surface area contributed by atoms with E-state index in [-0.39, 0.29) is 12.2 Å². The van der Waals surface area contributed by atoms with E-state index in [0.717, 1.165) is 84.1 Å². The predicted molar refractivity (Wildman–Crippen MR) is 141 cm³/mol. The van der Waals surface area contributed by atoms with Crippen molar-refractivity contribution in [2.24, 2.45) is 0 Å². The summed E-state index contributed by atoms with van der Waals surface area (Å²) in [5.41, 5.74) is 9.10. The van der Waals surface area contributed by atoms with Crippen LogP contribution in [0, 0.1) is 25.2 Å². The van der Waals surface area contributed by atoms with E-state index in [0.29, 0.717) is 0 Å². The Kier molecular flexibility index (Phi) is 6.19. The van der Waals surface area contributed by atoms with Crippen LogP contribution in [-0.4, -0.2) is 19.3 Å². The number of nitrogens with zero attached hydrogens (tertiary/aromatic N) is 1. The Hall–Kier alpha value is -3.29. The lowest BCUT2D eigenvalue weighted by Gasteiger charge is -2.24. The molecule has 1 unspecified atom stereocenters. The lowest BCUT2D eigenvalue weighted by molar-refractivity contribution is 0.0255. The maximum absolute atomic E-state index is 10.0. The lowest BCUT2D eigenvalue weighted by atomic mass is 9.87. The van der Waals surface area contributed by atoms with E-state index >= 15 is 0 Å². The molecule has 184 valence electrons. The molecular formula is C32H33NO3. The van der Waals surface area contributed by atoms with Crippen molar-refractivity contribution in [3.8, 4) is 28.7 Å². The molecule has 0 N–H and O–H groups in total. The highest BCUT2D eigenvalue weighted by atomic mass is 16.5. The van der Waals surface area contributed by atoms with Gasteiger partial charge in [0.05, 0.1) is 24.8 Å². The predicted octanol–water partition coefficient (Wildman–Crippen LogP) is 7.34. The van der Waals surface area contributed by atoms with Gasteiger partial charge in [0, 0.05) is 18.4 Å². The van der Waals surface area contributed by atoms with Crippen LogP contribution in [0.5, 0.6) is 11.5 Å². The van der Waals surface area contributed by atoms with E-state index in [2.05, 4.69) is 62.4 Å². The minimum Gasteiger partial charge on any atom is -0.490 e. The van der Waals surface area contributed by atoms with Crippen LogP contribution in [-0.2, 0) is 11.2 Å². The highest BCUT2D eigenvalue weighted by Crippen LogP contribution is 2.45. The first-order chi connectivity index (χ1) is 17.6. The highest BCUT2D eigenvalue weighted by Gasteiger charge is 2.30. The molecule has 2 fully saturated rings. The molecule has 0 spiro atoms. The van der Waals surface area contributed by atoms with Gasteiger partial charge < -0.3 is 14.2 Å². The zero-order chi connectivity index (χ0) is 24.6. The monoisotopic (exact) mass is 479 g/mol. The second kappa shape index (κ2) is 9.64. The summed E-state index contributed by atoms with van der Waals surface area (Å²) in [4.78, 5) is 0. The van der Waals surface area contributed by atoms with Gasteiger partial charge in [0.2, 0.25) is 0 Å². The molecule has 3 aromatic rings. The molecule has 3 aliphatic rings. The second-order valence-corrected chi connectivity index (χ2v) is 10.5. The quantitative estimate of drug-likeness (QED) is 0.371. The first-order valence-electron chi connectivity index (χ1n) is 13.3. The van der Waals surface area contributed by atoms with E-state index in [1.54, 1.807) is 0 Å². The molecule has 1 saturated heterocycles. The average Bonchev–Trinajstić information content (AvgIpc) is 3.66. The molecule has 0 aromatic heterocycles. The Morgan fingerprint density at radius 1 is 0.806 bits per heavy atom. The van der Waals surface area contributed by atoms with Crippen molar-refractivity contribution in [3.05, 3.63) is 81.9 Å². The van der Waals surface area contributed by atoms with Crippen molar-refractivity contribution < 1.29 is 14.2 Å². The van der Waals surface area contributed by atoms with Gasteiger partial charge in [-0.05, 0) is 109 Å². The van der Waals surface area contributed by atoms with Crippen molar-refractivity contribution in [3.63, 3.8) is 0 Å². The molecule has 6 rings (SSSR count). The Morgan fingerprint density at radius 2 is 1.53 bits per heavy atom. The van der Waals surface area contributed by atoms with Crippen LogP contribution in [0.3, 0.4) is 0 Å². The summed E-state index contributed by atoms with van der Waals surface area (Å²) in [5.74, 6) is 2.57. The molecule has 0 bridgehead atoms. The number of aryl methyl sites for hydroxylation is 2. The van der Waals surface area contributed by atoms with E-state index < -0.39 is 0 Å². The fourth-order valence-corrected chi connectivity index (χ4v) is 5.94. The summed E-state index contributed by atoms with van der Waals surface area (Å²) >= 11 is 0. The van der Waals surface area contributed by atoms with Crippen molar-refractivity contribution in [2.75, 3.05) is 13.2 Å². The standard InChI is InChI=1S/C32H33NO3/c1-20-17-27(35-26-13-15-34-16-14-26)18-21(2)31(20)32-24(19-33)7-10-28-29(32)11-12-30(28)36-25-8-5-23(6-9-25)22-3-4-22/h5-10,17-18,22,26,30H,3-4,11-16H2,1-2H3. The van der Waals surface area contributed by atoms with Crippen molar-refractivity contribution >= 4 is 0 Å². The normalized spacial score (nSPS) is 19.5. The van der Waals surface area contributed by atoms with Gasteiger partial charge in [0.1, 0.15) is 23.7 Å². The molecule has 1 heterocycles. The largest absolute Gasteiger partial charge is 0.490 e. The van der Waals surface area contributed by atoms with Crippen LogP contribution >= 0.6 is 0 Å². The van der Waals surface area contributed by atoms with Gasteiger partial charge in [-0.1, -0.05) is 18.2 Å². The summed E-state index contributed by atoms with van der Waals surface area (Å²) < 4.78 is 18.2. The molecule has 1 atom stereocenters. The van der Waals surface area contributed by atoms with Crippen molar-refractivity contribution in [1.29, 1.82) is 5.26 Å². The van der Waals surface area contributed by atoms with Crippen LogP contribution in [0.15, 0.2) is 48.5 Å². The Labute approximate surface area is 213 Å². The second-order valence-electron chi connectivity index (χ2n) is 10.5. The molecule has 4 nitrogen and oxygen atoms in total. The van der Waals surface area contributed by atoms with E-state index in [4.69, 9.17) is 14.2 Å². The number of ether oxygens (including phenoxy) is 3. The van der Waals surface area contributed by atoms with Gasteiger partial charge in [-0.3, -0.25) is 0 Å². The third-order valence-electron chi connectivity index (χ3n) is 7.91. The third kappa shape index (κ3) is 4.49. The van der Waals surface area contributed by atoms with Crippen LogP contribution in [0.2, 0.25) is 0 Å². The summed E-state index contributed by atoms with van der Waals surface area (Å²) in [6, 6.07) is 19.4. The number of fused-ring (bicyclic) bond motifs is 1. The van der Waals surface area contributed by atoms with Crippen LogP contribution < -0.4 is 9.47 Å². The number of hydrogen-bond acceptors (Lipinski definition) is 4. The minimum absolute atomic E-state index is 0.00927. The Morgan fingerprint density at radius 3 is 2.19 bits per heavy atom. The van der Waals surface area contributed by atoms with E-state index in [9.17, 15) is 5.26 Å². The van der Waals surface area contributed by atoms with Crippen LogP contribution in [0.25, 0.3) is 11.1 Å². The first-order valence-corrected chi connectivity index (χ1v) is 13.3. The number of rotatable bonds is 6. The van der Waals surface area contributed by atoms with Gasteiger partial charge in [-0.2, -0.15) is 5.26 Å². The third-order valence-corrected chi connectivity index (χ3v) is 7.91. The minimum atomic E-state index is 0.00927. The molecule has 0 radical (unpaired) electrons. The topological polar surface area (TPSA) is 51.5 Å². The smallest absolute Gasteiger partial charge is 0.124 e. The summed E-state index contributed by atoms with van der Waals surface area (Å²) in [6.45, 7) is 5.78. The summed E-state index contributed by atoms with van der Waals surface area (Å²) in [5, 5.41) is 10.0. The van der Waals surface area contributed by atoms with E-state index in [1.165, 1.54) is 29.5 Å². The molecule has 36 heavy (non-hydrogen) atoms. The van der Waals surface area contributed by atoms with E-state index in [1.807, 2.05) is 6.07 Å². The lowest BCUT2D eigenvalue weighted by Crippen LogP contribution is -2.25. The zero-order valence-corrected chi connectivity index (χ0v) is 21.2. The molecule has 2 aliphatic carbocycles. The molecular weight excluding hydrogens is 446 g/mol. The first kappa shape index (κ1) is 23.1. The number of nitriles is 1. The van der Waals surface area contributed by atoms with Gasteiger partial charge in [-0.25, -0.2) is 0 Å². The number of hydrogen-bond donors (Lipinski definition) is 0. The summed E-state index contributed by atoms with van der Waals surface area (Å²) in [7, 11) is 0. The maximum Gasteiger partial charge on any atom is 0.124 e.